The van der Waals surface area contributed by atoms with Crippen molar-refractivity contribution in [3.63, 3.8) is 0 Å². The van der Waals surface area contributed by atoms with Gasteiger partial charge in [-0.1, -0.05) is 0 Å². The predicted molar refractivity (Wildman–Crippen MR) is 98.1 cm³/mol. The highest BCUT2D eigenvalue weighted by atomic mass is 16.3. The van der Waals surface area contributed by atoms with E-state index in [1.807, 2.05) is 0 Å². The highest BCUT2D eigenvalue weighted by molar-refractivity contribution is 6.03. The van der Waals surface area contributed by atoms with Crippen LogP contribution >= 0.6 is 0 Å². The van der Waals surface area contributed by atoms with Gasteiger partial charge in [0.15, 0.2) is 0 Å². The minimum absolute atomic E-state index is 0.0272. The first-order valence-electron chi connectivity index (χ1n) is 8.27. The quantitative estimate of drug-likeness (QED) is 0.653. The Bertz CT molecular complexity index is 1010. The summed E-state index contributed by atoms with van der Waals surface area (Å²) in [6, 6.07) is 9.74. The number of nitrogens with zero attached hydrogens (tertiary/aromatic N) is 5. The Balaban J connectivity index is 1.76. The molecule has 2 aromatic rings. The molecule has 1 aliphatic rings. The summed E-state index contributed by atoms with van der Waals surface area (Å²) in [5, 5.41) is 33.1. The first-order valence-corrected chi connectivity index (χ1v) is 8.27. The van der Waals surface area contributed by atoms with E-state index >= 15 is 0 Å². The molecule has 0 unspecified atom stereocenters. The fourth-order valence-electron chi connectivity index (χ4n) is 2.70. The molecule has 1 saturated heterocycles. The van der Waals surface area contributed by atoms with E-state index < -0.39 is 17.4 Å². The van der Waals surface area contributed by atoms with E-state index in [2.05, 4.69) is 20.6 Å². The van der Waals surface area contributed by atoms with Gasteiger partial charge in [0.2, 0.25) is 11.5 Å². The number of nitriles is 2. The third-order valence-corrected chi connectivity index (χ3v) is 4.08. The van der Waals surface area contributed by atoms with Gasteiger partial charge in [0, 0.05) is 48.9 Å². The Morgan fingerprint density at radius 3 is 2.64 bits per heavy atom. The predicted octanol–water partition coefficient (Wildman–Crippen LogP) is 1.06. The van der Waals surface area contributed by atoms with Gasteiger partial charge in [0.1, 0.15) is 24.1 Å². The van der Waals surface area contributed by atoms with Gasteiger partial charge >= 0.3 is 0 Å². The van der Waals surface area contributed by atoms with Crippen molar-refractivity contribution >= 4 is 34.8 Å². The van der Waals surface area contributed by atoms with Crippen LogP contribution in [0.3, 0.4) is 0 Å². The second kappa shape index (κ2) is 7.70. The minimum atomic E-state index is -2.01. The lowest BCUT2D eigenvalue weighted by molar-refractivity contribution is -0.128. The summed E-state index contributed by atoms with van der Waals surface area (Å²) in [7, 11) is 0. The number of amides is 2. The van der Waals surface area contributed by atoms with Crippen LogP contribution in [0.4, 0.5) is 23.0 Å². The average molecular weight is 377 g/mol. The van der Waals surface area contributed by atoms with Crippen molar-refractivity contribution in [1.82, 2.24) is 9.97 Å². The molecule has 1 atom stereocenters. The van der Waals surface area contributed by atoms with Crippen molar-refractivity contribution in [2.24, 2.45) is 0 Å². The molecule has 3 N–H and O–H groups in total. The Hall–Kier alpha value is -4.02. The second-order valence-corrected chi connectivity index (χ2v) is 6.02. The summed E-state index contributed by atoms with van der Waals surface area (Å²) in [4.78, 5) is 33.4. The SMILES string of the molecule is N#CCC(=O)Nc1ccnc(Nc2cc(N3CC[C@](O)(C#N)C3=O)ccn2)c1. The van der Waals surface area contributed by atoms with Gasteiger partial charge in [0.25, 0.3) is 5.91 Å². The fourth-order valence-corrected chi connectivity index (χ4v) is 2.70. The zero-order valence-corrected chi connectivity index (χ0v) is 14.6. The fraction of sp³-hybridized carbons (Fsp3) is 0.222. The number of hydrogen-bond acceptors (Lipinski definition) is 8. The number of nitrogens with one attached hydrogen (secondary N) is 2. The molecule has 140 valence electrons. The molecule has 0 aromatic carbocycles. The number of carbonyl (C=O) groups excluding carboxylic acids is 2. The molecule has 10 nitrogen and oxygen atoms in total. The van der Waals surface area contributed by atoms with Gasteiger partial charge in [-0.05, 0) is 12.1 Å². The van der Waals surface area contributed by atoms with Crippen molar-refractivity contribution in [1.29, 1.82) is 10.5 Å². The standard InChI is InChI=1S/C18H15N7O3/c19-5-1-16(26)23-12-2-6-21-14(9-12)24-15-10-13(3-7-22-15)25-8-4-18(28,11-20)17(25)27/h2-3,6-7,9-10,28H,1,4,8H2,(H2,21,22,23,24,26)/t18-/m0/s1. The van der Waals surface area contributed by atoms with Crippen LogP contribution in [-0.2, 0) is 9.59 Å². The third kappa shape index (κ3) is 3.87. The van der Waals surface area contributed by atoms with E-state index in [0.29, 0.717) is 23.0 Å². The topological polar surface area (TPSA) is 155 Å². The van der Waals surface area contributed by atoms with Crippen LogP contribution in [0.5, 0.6) is 0 Å². The Labute approximate surface area is 160 Å². The van der Waals surface area contributed by atoms with Gasteiger partial charge in [-0.3, -0.25) is 9.59 Å². The molecule has 0 aliphatic carbocycles. The van der Waals surface area contributed by atoms with E-state index in [9.17, 15) is 14.7 Å². The van der Waals surface area contributed by atoms with Crippen LogP contribution in [0.15, 0.2) is 36.7 Å². The van der Waals surface area contributed by atoms with Crippen molar-refractivity contribution in [2.45, 2.75) is 18.4 Å². The molecular weight excluding hydrogens is 362 g/mol. The molecule has 2 aromatic heterocycles. The number of aromatic nitrogens is 2. The lowest BCUT2D eigenvalue weighted by Crippen LogP contribution is -2.38. The van der Waals surface area contributed by atoms with Crippen LogP contribution < -0.4 is 15.5 Å². The first kappa shape index (κ1) is 18.8. The van der Waals surface area contributed by atoms with E-state index in [1.165, 1.54) is 17.3 Å². The van der Waals surface area contributed by atoms with E-state index in [0.717, 1.165) is 0 Å². The number of carbonyl (C=O) groups is 2. The molecule has 3 heterocycles. The summed E-state index contributed by atoms with van der Waals surface area (Å²) in [5.74, 6) is -0.337. The van der Waals surface area contributed by atoms with Crippen molar-refractivity contribution < 1.29 is 14.7 Å². The summed E-state index contributed by atoms with van der Waals surface area (Å²) in [5.41, 5.74) is -1.07. The maximum atomic E-state index is 12.3. The van der Waals surface area contributed by atoms with Crippen molar-refractivity contribution in [2.75, 3.05) is 22.1 Å². The summed E-state index contributed by atoms with van der Waals surface area (Å²) >= 11 is 0. The molecule has 2 amide bonds. The molecular formula is C18H15N7O3. The molecule has 1 aliphatic heterocycles. The highest BCUT2D eigenvalue weighted by Crippen LogP contribution is 2.29. The Kier molecular flexibility index (Phi) is 5.16. The molecule has 28 heavy (non-hydrogen) atoms. The number of rotatable bonds is 5. The lowest BCUT2D eigenvalue weighted by Gasteiger charge is -2.18. The first-order chi connectivity index (χ1) is 13.4. The van der Waals surface area contributed by atoms with Crippen LogP contribution in [0.1, 0.15) is 12.8 Å². The maximum absolute atomic E-state index is 12.3. The van der Waals surface area contributed by atoms with Crippen LogP contribution in [0, 0.1) is 22.7 Å². The normalized spacial score (nSPS) is 18.2. The maximum Gasteiger partial charge on any atom is 0.273 e. The lowest BCUT2D eigenvalue weighted by atomic mass is 10.1. The van der Waals surface area contributed by atoms with E-state index in [4.69, 9.17) is 10.5 Å². The summed E-state index contributed by atoms with van der Waals surface area (Å²) < 4.78 is 0. The van der Waals surface area contributed by atoms with Gasteiger partial charge in [-0.2, -0.15) is 10.5 Å². The zero-order valence-electron chi connectivity index (χ0n) is 14.6. The monoisotopic (exact) mass is 377 g/mol. The van der Waals surface area contributed by atoms with Crippen LogP contribution in [0.25, 0.3) is 0 Å². The molecule has 0 bridgehead atoms. The van der Waals surface area contributed by atoms with Gasteiger partial charge in [-0.15, -0.1) is 0 Å². The smallest absolute Gasteiger partial charge is 0.273 e. The molecule has 0 saturated carbocycles. The van der Waals surface area contributed by atoms with Gasteiger partial charge < -0.3 is 20.6 Å². The Morgan fingerprint density at radius 1 is 1.25 bits per heavy atom. The highest BCUT2D eigenvalue weighted by Gasteiger charge is 2.46. The number of aliphatic hydroxyl groups is 1. The zero-order chi connectivity index (χ0) is 20.1. The van der Waals surface area contributed by atoms with Crippen LogP contribution in [0.2, 0.25) is 0 Å². The van der Waals surface area contributed by atoms with Crippen LogP contribution in [-0.4, -0.2) is 39.0 Å². The minimum Gasteiger partial charge on any atom is -0.368 e. The van der Waals surface area contributed by atoms with Crippen molar-refractivity contribution in [3.8, 4) is 12.1 Å². The summed E-state index contributed by atoms with van der Waals surface area (Å²) in [6.07, 6.45) is 2.73. The number of hydrogen-bond donors (Lipinski definition) is 3. The second-order valence-electron chi connectivity index (χ2n) is 6.02. The average Bonchev–Trinajstić information content (AvgIpc) is 2.98. The van der Waals surface area contributed by atoms with Crippen molar-refractivity contribution in [3.05, 3.63) is 36.7 Å². The molecule has 0 spiro atoms. The largest absolute Gasteiger partial charge is 0.368 e. The Morgan fingerprint density at radius 2 is 1.96 bits per heavy atom. The molecule has 1 fully saturated rings. The molecule has 0 radical (unpaired) electrons. The number of anilines is 4. The number of pyridine rings is 2. The summed E-state index contributed by atoms with van der Waals surface area (Å²) in [6.45, 7) is 0.213. The molecule has 10 heteroatoms. The van der Waals surface area contributed by atoms with Gasteiger partial charge in [-0.25, -0.2) is 9.97 Å². The van der Waals surface area contributed by atoms with Gasteiger partial charge in [0.05, 0.1) is 6.07 Å². The third-order valence-electron chi connectivity index (χ3n) is 4.08. The molecule has 3 rings (SSSR count). The van der Waals surface area contributed by atoms with E-state index in [-0.39, 0.29) is 19.4 Å². The van der Waals surface area contributed by atoms with E-state index in [1.54, 1.807) is 36.4 Å².